The van der Waals surface area contributed by atoms with Crippen molar-refractivity contribution >= 4 is 34.4 Å². The summed E-state index contributed by atoms with van der Waals surface area (Å²) in [5.74, 6) is 0.0963. The molecule has 10 heteroatoms. The fourth-order valence-corrected chi connectivity index (χ4v) is 4.05. The van der Waals surface area contributed by atoms with E-state index in [0.29, 0.717) is 29.8 Å². The van der Waals surface area contributed by atoms with E-state index in [1.165, 1.54) is 17.7 Å². The van der Waals surface area contributed by atoms with Gasteiger partial charge in [0.25, 0.3) is 11.5 Å². The minimum Gasteiger partial charge on any atom is -0.355 e. The van der Waals surface area contributed by atoms with Gasteiger partial charge in [0.05, 0.1) is 17.6 Å². The van der Waals surface area contributed by atoms with Gasteiger partial charge in [-0.05, 0) is 24.5 Å². The number of nitrogens with zero attached hydrogens (tertiary/aromatic N) is 5. The highest BCUT2D eigenvalue weighted by atomic mass is 16.2. The molecule has 0 radical (unpaired) electrons. The minimum absolute atomic E-state index is 0.0351. The molecule has 1 fully saturated rings. The number of likely N-dealkylation sites (tertiary alicyclic amines) is 1. The molecule has 4 rings (SSSR count). The van der Waals surface area contributed by atoms with Crippen molar-refractivity contribution in [2.45, 2.75) is 27.3 Å². The van der Waals surface area contributed by atoms with Gasteiger partial charge in [0.1, 0.15) is 23.6 Å². The Balaban J connectivity index is 1.74. The van der Waals surface area contributed by atoms with E-state index in [4.69, 9.17) is 0 Å². The summed E-state index contributed by atoms with van der Waals surface area (Å²) in [5.41, 5.74) is 1.39. The second-order valence-corrected chi connectivity index (χ2v) is 9.00. The number of hydrogen-bond donors (Lipinski definition) is 2. The van der Waals surface area contributed by atoms with Gasteiger partial charge in [-0.25, -0.2) is 4.98 Å². The van der Waals surface area contributed by atoms with Crippen molar-refractivity contribution in [3.05, 3.63) is 46.0 Å². The third-order valence-electron chi connectivity index (χ3n) is 5.56. The number of amides is 2. The van der Waals surface area contributed by atoms with Gasteiger partial charge in [-0.15, -0.1) is 0 Å². The zero-order valence-electron chi connectivity index (χ0n) is 18.9. The van der Waals surface area contributed by atoms with Gasteiger partial charge in [-0.1, -0.05) is 13.8 Å². The quantitative estimate of drug-likeness (QED) is 0.624. The number of carbonyl (C=O) groups excluding carboxylic acids is 2. The fraction of sp³-hybridized carbons (Fsp3) is 0.409. The van der Waals surface area contributed by atoms with Crippen molar-refractivity contribution in [3.63, 3.8) is 0 Å². The lowest BCUT2D eigenvalue weighted by Crippen LogP contribution is -2.56. The number of anilines is 2. The number of carbonyl (C=O) groups is 2. The van der Waals surface area contributed by atoms with E-state index in [0.717, 1.165) is 11.5 Å². The number of pyridine rings is 2. The van der Waals surface area contributed by atoms with E-state index in [1.54, 1.807) is 21.8 Å². The van der Waals surface area contributed by atoms with Crippen molar-refractivity contribution in [2.24, 2.45) is 12.5 Å². The van der Waals surface area contributed by atoms with Crippen LogP contribution in [0.2, 0.25) is 0 Å². The van der Waals surface area contributed by atoms with Crippen LogP contribution in [0.25, 0.3) is 11.0 Å². The maximum atomic E-state index is 13.1. The van der Waals surface area contributed by atoms with E-state index in [-0.39, 0.29) is 23.4 Å². The molecular formula is C22H27N7O3. The predicted octanol–water partition coefficient (Wildman–Crippen LogP) is 1.41. The van der Waals surface area contributed by atoms with Gasteiger partial charge in [-0.2, -0.15) is 5.10 Å². The Morgan fingerprint density at radius 1 is 1.19 bits per heavy atom. The second kappa shape index (κ2) is 7.77. The van der Waals surface area contributed by atoms with Gasteiger partial charge >= 0.3 is 0 Å². The Kier molecular flexibility index (Phi) is 5.23. The Hall–Kier alpha value is -3.69. The molecule has 32 heavy (non-hydrogen) atoms. The highest BCUT2D eigenvalue weighted by Gasteiger charge is 2.37. The number of rotatable bonds is 5. The second-order valence-electron chi connectivity index (χ2n) is 9.00. The summed E-state index contributed by atoms with van der Waals surface area (Å²) in [6, 6.07) is 5.20. The molecule has 1 aliphatic rings. The van der Waals surface area contributed by atoms with Crippen molar-refractivity contribution in [1.82, 2.24) is 29.5 Å². The average Bonchev–Trinajstić information content (AvgIpc) is 3.03. The lowest BCUT2D eigenvalue weighted by molar-refractivity contribution is -0.142. The zero-order valence-corrected chi connectivity index (χ0v) is 18.9. The number of aryl methyl sites for hydroxylation is 2. The van der Waals surface area contributed by atoms with E-state index >= 15 is 0 Å². The third-order valence-corrected chi connectivity index (χ3v) is 5.56. The molecule has 1 saturated heterocycles. The molecule has 0 aromatic carbocycles. The lowest BCUT2D eigenvalue weighted by Gasteiger charge is -2.45. The molecule has 2 N–H and O–H groups in total. The van der Waals surface area contributed by atoms with Crippen LogP contribution in [0.4, 0.5) is 11.5 Å². The summed E-state index contributed by atoms with van der Waals surface area (Å²) in [7, 11) is 3.29. The van der Waals surface area contributed by atoms with Gasteiger partial charge < -0.3 is 15.5 Å². The van der Waals surface area contributed by atoms with Crippen LogP contribution in [0.15, 0.2) is 29.2 Å². The van der Waals surface area contributed by atoms with Gasteiger partial charge in [0.2, 0.25) is 5.91 Å². The highest BCUT2D eigenvalue weighted by molar-refractivity contribution is 5.97. The zero-order chi connectivity index (χ0) is 23.2. The first kappa shape index (κ1) is 21.5. The summed E-state index contributed by atoms with van der Waals surface area (Å²) in [6.07, 6.45) is 1.59. The van der Waals surface area contributed by atoms with Crippen molar-refractivity contribution < 1.29 is 9.59 Å². The maximum absolute atomic E-state index is 13.1. The third kappa shape index (κ3) is 3.95. The fourth-order valence-electron chi connectivity index (χ4n) is 4.05. The monoisotopic (exact) mass is 437 g/mol. The maximum Gasteiger partial charge on any atom is 0.265 e. The summed E-state index contributed by atoms with van der Waals surface area (Å²) in [4.78, 5) is 44.4. The molecule has 4 heterocycles. The normalized spacial score (nSPS) is 14.8. The molecule has 168 valence electrons. The summed E-state index contributed by atoms with van der Waals surface area (Å²) < 4.78 is 3.00. The first-order chi connectivity index (χ1) is 15.1. The molecule has 0 aliphatic carbocycles. The lowest BCUT2D eigenvalue weighted by atomic mass is 9.84. The first-order valence-corrected chi connectivity index (χ1v) is 10.4. The van der Waals surface area contributed by atoms with Crippen LogP contribution < -0.4 is 16.2 Å². The van der Waals surface area contributed by atoms with Crippen LogP contribution in [-0.4, -0.2) is 56.2 Å². The Morgan fingerprint density at radius 3 is 2.50 bits per heavy atom. The van der Waals surface area contributed by atoms with Gasteiger partial charge in [0, 0.05) is 38.6 Å². The molecule has 0 atom stereocenters. The Morgan fingerprint density at radius 2 is 1.91 bits per heavy atom. The first-order valence-electron chi connectivity index (χ1n) is 10.4. The minimum atomic E-state index is -0.541. The number of fused-ring (bicyclic) bond motifs is 1. The van der Waals surface area contributed by atoms with Crippen LogP contribution in [0.3, 0.4) is 0 Å². The van der Waals surface area contributed by atoms with Crippen LogP contribution in [0.1, 0.15) is 29.9 Å². The summed E-state index contributed by atoms with van der Waals surface area (Å²) in [5, 5.41) is 10.6. The molecule has 0 saturated carbocycles. The van der Waals surface area contributed by atoms with E-state index in [1.807, 2.05) is 20.0 Å². The van der Waals surface area contributed by atoms with Crippen molar-refractivity contribution in [3.8, 4) is 0 Å². The topological polar surface area (TPSA) is 114 Å². The number of hydrogen-bond acceptors (Lipinski definition) is 6. The molecule has 1 aliphatic heterocycles. The number of nitrogens with one attached hydrogen (secondary N) is 2. The molecule has 0 bridgehead atoms. The highest BCUT2D eigenvalue weighted by Crippen LogP contribution is 2.29. The summed E-state index contributed by atoms with van der Waals surface area (Å²) in [6.45, 7) is 7.18. The van der Waals surface area contributed by atoms with Crippen molar-refractivity contribution in [2.75, 3.05) is 25.5 Å². The molecule has 2 amide bonds. The van der Waals surface area contributed by atoms with Gasteiger partial charge in [0.15, 0.2) is 0 Å². The van der Waals surface area contributed by atoms with E-state index < -0.39 is 11.5 Å². The largest absolute Gasteiger partial charge is 0.355 e. The van der Waals surface area contributed by atoms with Crippen LogP contribution >= 0.6 is 0 Å². The smallest absolute Gasteiger partial charge is 0.265 e. The molecule has 3 aromatic heterocycles. The average molecular weight is 438 g/mol. The van der Waals surface area contributed by atoms with Crippen molar-refractivity contribution in [1.29, 1.82) is 0 Å². The molecular weight excluding hydrogens is 410 g/mol. The van der Waals surface area contributed by atoms with Crippen LogP contribution in [0, 0.1) is 12.3 Å². The Bertz CT molecular complexity index is 1280. The number of aromatic nitrogens is 4. The van der Waals surface area contributed by atoms with E-state index in [9.17, 15) is 14.4 Å². The van der Waals surface area contributed by atoms with Crippen LogP contribution in [-0.2, 0) is 18.4 Å². The summed E-state index contributed by atoms with van der Waals surface area (Å²) >= 11 is 0. The molecule has 10 nitrogen and oxygen atoms in total. The standard InChI is InChI=1S/C22H27N7O3/c1-13-6-17(27(5)26-13)25-15-7-14-8-16(20(31)23-4)21(32)29(19(14)24-9-15)10-18(30)28-11-22(2,3)12-28/h6-9,25H,10-12H2,1-5H3,(H,23,31). The predicted molar refractivity (Wildman–Crippen MR) is 121 cm³/mol. The van der Waals surface area contributed by atoms with Crippen LogP contribution in [0.5, 0.6) is 0 Å². The molecule has 0 unspecified atom stereocenters. The SMILES string of the molecule is CNC(=O)c1cc2cc(Nc3cc(C)nn3C)cnc2n(CC(=O)N2CC(C)(C)C2)c1=O. The molecule has 3 aromatic rings. The Labute approximate surface area is 185 Å². The van der Waals surface area contributed by atoms with Gasteiger partial charge in [-0.3, -0.25) is 23.6 Å². The molecule has 0 spiro atoms. The van der Waals surface area contributed by atoms with E-state index in [2.05, 4.69) is 34.6 Å².